The lowest BCUT2D eigenvalue weighted by Gasteiger charge is -2.31. The summed E-state index contributed by atoms with van der Waals surface area (Å²) in [5.41, 5.74) is 0. The van der Waals surface area contributed by atoms with E-state index >= 15 is 0 Å². The zero-order valence-electron chi connectivity index (χ0n) is 7.85. The molecule has 1 N–H and O–H groups in total. The van der Waals surface area contributed by atoms with Crippen molar-refractivity contribution in [2.24, 2.45) is 11.8 Å². The lowest BCUT2D eigenvalue weighted by Crippen LogP contribution is -2.43. The highest BCUT2D eigenvalue weighted by atomic mass is 16.4. The van der Waals surface area contributed by atoms with Crippen molar-refractivity contribution in [3.05, 3.63) is 12.7 Å². The van der Waals surface area contributed by atoms with Gasteiger partial charge in [-0.1, -0.05) is 6.58 Å². The number of carbonyl (C=O) groups is 2. The van der Waals surface area contributed by atoms with Gasteiger partial charge in [-0.25, -0.2) is 4.79 Å². The van der Waals surface area contributed by atoms with E-state index in [-0.39, 0.29) is 11.8 Å². The molecular formula is C10H13NO3. The summed E-state index contributed by atoms with van der Waals surface area (Å²) >= 11 is 0. The molecular weight excluding hydrogens is 182 g/mol. The Balaban J connectivity index is 2.20. The maximum atomic E-state index is 11.4. The van der Waals surface area contributed by atoms with Gasteiger partial charge in [0.25, 0.3) is 0 Å². The summed E-state index contributed by atoms with van der Waals surface area (Å²) in [6, 6.07) is -0.612. The van der Waals surface area contributed by atoms with Gasteiger partial charge in [-0.15, -0.1) is 0 Å². The molecule has 76 valence electrons. The minimum atomic E-state index is -0.882. The van der Waals surface area contributed by atoms with Gasteiger partial charge < -0.3 is 10.0 Å². The fraction of sp³-hybridized carbons (Fsp3) is 0.600. The first-order valence-corrected chi connectivity index (χ1v) is 4.81. The van der Waals surface area contributed by atoms with Crippen molar-refractivity contribution in [3.63, 3.8) is 0 Å². The number of carboxylic acids is 1. The van der Waals surface area contributed by atoms with Crippen LogP contribution in [0.1, 0.15) is 12.8 Å². The smallest absolute Gasteiger partial charge is 0.326 e. The van der Waals surface area contributed by atoms with Crippen molar-refractivity contribution < 1.29 is 14.7 Å². The molecule has 1 saturated carbocycles. The van der Waals surface area contributed by atoms with Gasteiger partial charge in [-0.05, 0) is 30.8 Å². The molecule has 0 aromatic heterocycles. The first kappa shape index (κ1) is 9.24. The molecule has 0 spiro atoms. The van der Waals surface area contributed by atoms with E-state index in [1.165, 1.54) is 11.0 Å². The minimum absolute atomic E-state index is 0.177. The van der Waals surface area contributed by atoms with E-state index in [2.05, 4.69) is 6.58 Å². The topological polar surface area (TPSA) is 57.6 Å². The van der Waals surface area contributed by atoms with Gasteiger partial charge in [0.1, 0.15) is 6.04 Å². The third kappa shape index (κ3) is 1.14. The van der Waals surface area contributed by atoms with Crippen molar-refractivity contribution >= 4 is 11.9 Å². The van der Waals surface area contributed by atoms with Crippen LogP contribution < -0.4 is 0 Å². The SMILES string of the molecule is C=CC(=O)N1C[C@H]2CC[C@H]2[C@H]1C(=O)O. The Morgan fingerprint density at radius 2 is 2.14 bits per heavy atom. The lowest BCUT2D eigenvalue weighted by atomic mass is 9.73. The summed E-state index contributed by atoms with van der Waals surface area (Å²) < 4.78 is 0. The zero-order valence-corrected chi connectivity index (χ0v) is 7.85. The molecule has 0 unspecified atom stereocenters. The van der Waals surface area contributed by atoms with Crippen molar-refractivity contribution in [1.82, 2.24) is 4.90 Å². The molecule has 1 aliphatic carbocycles. The first-order chi connectivity index (χ1) is 6.65. The van der Waals surface area contributed by atoms with E-state index in [1.807, 2.05) is 0 Å². The maximum Gasteiger partial charge on any atom is 0.326 e. The molecule has 14 heavy (non-hydrogen) atoms. The summed E-state index contributed by atoms with van der Waals surface area (Å²) in [6.45, 7) is 3.98. The molecule has 0 aromatic rings. The van der Waals surface area contributed by atoms with E-state index in [1.54, 1.807) is 0 Å². The van der Waals surface area contributed by atoms with Crippen LogP contribution in [0.5, 0.6) is 0 Å². The lowest BCUT2D eigenvalue weighted by molar-refractivity contribution is -0.148. The number of rotatable bonds is 2. The fourth-order valence-electron chi connectivity index (χ4n) is 2.50. The Bertz CT molecular complexity index is 300. The Kier molecular flexibility index (Phi) is 2.06. The summed E-state index contributed by atoms with van der Waals surface area (Å²) in [6.07, 6.45) is 3.18. The van der Waals surface area contributed by atoms with Crippen molar-refractivity contribution in [1.29, 1.82) is 0 Å². The third-order valence-corrected chi connectivity index (χ3v) is 3.36. The van der Waals surface area contributed by atoms with Gasteiger partial charge in [0.15, 0.2) is 0 Å². The second-order valence-corrected chi connectivity index (χ2v) is 3.98. The highest BCUT2D eigenvalue weighted by Gasteiger charge is 2.51. The van der Waals surface area contributed by atoms with Crippen LogP contribution in [0.4, 0.5) is 0 Å². The van der Waals surface area contributed by atoms with Gasteiger partial charge >= 0.3 is 5.97 Å². The number of amides is 1. The molecule has 4 heteroatoms. The predicted octanol–water partition coefficient (Wildman–Crippen LogP) is 0.494. The molecule has 1 amide bonds. The molecule has 2 aliphatic rings. The van der Waals surface area contributed by atoms with Gasteiger partial charge in [-0.2, -0.15) is 0 Å². The molecule has 2 fully saturated rings. The highest BCUT2D eigenvalue weighted by Crippen LogP contribution is 2.44. The molecule has 0 bridgehead atoms. The molecule has 1 saturated heterocycles. The standard InChI is InChI=1S/C10H13NO3/c1-2-8(12)11-5-6-3-4-7(6)9(11)10(13)14/h2,6-7,9H,1,3-5H2,(H,13,14)/t6-,7-,9+/m1/s1. The van der Waals surface area contributed by atoms with E-state index in [0.29, 0.717) is 12.5 Å². The second-order valence-electron chi connectivity index (χ2n) is 3.98. The maximum absolute atomic E-state index is 11.4. The number of likely N-dealkylation sites (tertiary alicyclic amines) is 1. The van der Waals surface area contributed by atoms with Crippen LogP contribution in [0.3, 0.4) is 0 Å². The van der Waals surface area contributed by atoms with Crippen molar-refractivity contribution in [2.75, 3.05) is 6.54 Å². The zero-order chi connectivity index (χ0) is 10.3. The second kappa shape index (κ2) is 3.12. The van der Waals surface area contributed by atoms with Crippen LogP contribution >= 0.6 is 0 Å². The van der Waals surface area contributed by atoms with Crippen LogP contribution in [0.25, 0.3) is 0 Å². The van der Waals surface area contributed by atoms with E-state index in [0.717, 1.165) is 12.8 Å². The molecule has 4 nitrogen and oxygen atoms in total. The predicted molar refractivity (Wildman–Crippen MR) is 49.5 cm³/mol. The molecule has 0 radical (unpaired) electrons. The minimum Gasteiger partial charge on any atom is -0.480 e. The average Bonchev–Trinajstić information content (AvgIpc) is 2.37. The summed E-state index contributed by atoms with van der Waals surface area (Å²) in [5.74, 6) is -0.560. The van der Waals surface area contributed by atoms with Crippen LogP contribution in [0.15, 0.2) is 12.7 Å². The van der Waals surface area contributed by atoms with Gasteiger partial charge in [-0.3, -0.25) is 4.79 Å². The number of fused-ring (bicyclic) bond motifs is 1. The quantitative estimate of drug-likeness (QED) is 0.652. The number of carboxylic acid groups (broad SMARTS) is 1. The van der Waals surface area contributed by atoms with E-state index < -0.39 is 12.0 Å². The Morgan fingerprint density at radius 3 is 2.57 bits per heavy atom. The number of aliphatic carboxylic acids is 1. The van der Waals surface area contributed by atoms with Crippen molar-refractivity contribution in [3.8, 4) is 0 Å². The number of carbonyl (C=O) groups excluding carboxylic acids is 1. The molecule has 0 aromatic carbocycles. The van der Waals surface area contributed by atoms with E-state index in [9.17, 15) is 9.59 Å². The normalized spacial score (nSPS) is 34.6. The van der Waals surface area contributed by atoms with E-state index in [4.69, 9.17) is 5.11 Å². The number of hydrogen-bond donors (Lipinski definition) is 1. The van der Waals surface area contributed by atoms with Crippen molar-refractivity contribution in [2.45, 2.75) is 18.9 Å². The van der Waals surface area contributed by atoms with Gasteiger partial charge in [0.2, 0.25) is 5.91 Å². The number of hydrogen-bond acceptors (Lipinski definition) is 2. The molecule has 1 heterocycles. The molecule has 1 aliphatic heterocycles. The Morgan fingerprint density at radius 1 is 1.43 bits per heavy atom. The van der Waals surface area contributed by atoms with Crippen LogP contribution in [-0.4, -0.2) is 34.5 Å². The Hall–Kier alpha value is -1.32. The van der Waals surface area contributed by atoms with Gasteiger partial charge in [0, 0.05) is 6.54 Å². The largest absolute Gasteiger partial charge is 0.480 e. The number of nitrogens with zero attached hydrogens (tertiary/aromatic N) is 1. The summed E-state index contributed by atoms with van der Waals surface area (Å²) in [7, 11) is 0. The third-order valence-electron chi connectivity index (χ3n) is 3.36. The summed E-state index contributed by atoms with van der Waals surface area (Å²) in [5, 5.41) is 9.02. The van der Waals surface area contributed by atoms with Crippen LogP contribution in [-0.2, 0) is 9.59 Å². The molecule has 3 atom stereocenters. The molecule has 2 rings (SSSR count). The monoisotopic (exact) mass is 195 g/mol. The van der Waals surface area contributed by atoms with Gasteiger partial charge in [0.05, 0.1) is 0 Å². The summed E-state index contributed by atoms with van der Waals surface area (Å²) in [4.78, 5) is 23.8. The van der Waals surface area contributed by atoms with Crippen LogP contribution in [0, 0.1) is 11.8 Å². The fourth-order valence-corrected chi connectivity index (χ4v) is 2.50. The average molecular weight is 195 g/mol. The highest BCUT2D eigenvalue weighted by molar-refractivity contribution is 5.91. The van der Waals surface area contributed by atoms with Crippen LogP contribution in [0.2, 0.25) is 0 Å². The first-order valence-electron chi connectivity index (χ1n) is 4.81. The Labute approximate surface area is 82.2 Å².